The molecule has 1 aromatic heterocycles. The summed E-state index contributed by atoms with van der Waals surface area (Å²) in [6.07, 6.45) is 0. The van der Waals surface area contributed by atoms with E-state index < -0.39 is 0 Å². The third kappa shape index (κ3) is 2.47. The molecule has 7 nitrogen and oxygen atoms in total. The highest BCUT2D eigenvalue weighted by atomic mass is 32.1. The van der Waals surface area contributed by atoms with Crippen molar-refractivity contribution >= 4 is 38.4 Å². The van der Waals surface area contributed by atoms with Crippen molar-refractivity contribution in [2.24, 2.45) is 0 Å². The van der Waals surface area contributed by atoms with Gasteiger partial charge in [0.2, 0.25) is 0 Å². The van der Waals surface area contributed by atoms with Crippen LogP contribution in [0.3, 0.4) is 0 Å². The maximum absolute atomic E-state index is 11.9. The van der Waals surface area contributed by atoms with Crippen molar-refractivity contribution in [2.45, 2.75) is 0 Å². The summed E-state index contributed by atoms with van der Waals surface area (Å²) in [4.78, 5) is 20.6. The number of rotatable bonds is 4. The molecule has 8 heteroatoms. The average Bonchev–Trinajstić information content (AvgIpc) is 3.18. The van der Waals surface area contributed by atoms with E-state index in [1.54, 1.807) is 12.0 Å². The fraction of sp³-hybridized carbons (Fsp3) is 0.467. The first-order valence-corrected chi connectivity index (χ1v) is 8.45. The number of urea groups is 1. The van der Waals surface area contributed by atoms with Crippen molar-refractivity contribution in [3.8, 4) is 5.75 Å². The Kier molecular flexibility index (Phi) is 3.70. The Morgan fingerprint density at radius 3 is 3.13 bits per heavy atom. The van der Waals surface area contributed by atoms with Crippen LogP contribution in [0.1, 0.15) is 0 Å². The first-order valence-electron chi connectivity index (χ1n) is 7.63. The maximum Gasteiger partial charge on any atom is 0.323 e. The van der Waals surface area contributed by atoms with Crippen molar-refractivity contribution in [2.75, 3.05) is 56.3 Å². The van der Waals surface area contributed by atoms with Crippen molar-refractivity contribution in [1.29, 1.82) is 0 Å². The summed E-state index contributed by atoms with van der Waals surface area (Å²) in [5.41, 5.74) is 1.91. The Hall–Kier alpha value is -2.06. The van der Waals surface area contributed by atoms with Crippen molar-refractivity contribution in [3.05, 3.63) is 12.1 Å². The smallest absolute Gasteiger partial charge is 0.323 e. The van der Waals surface area contributed by atoms with E-state index >= 15 is 0 Å². The fourth-order valence-electron chi connectivity index (χ4n) is 2.94. The normalized spacial score (nSPS) is 17.3. The molecule has 4 rings (SSSR count). The third-order valence-corrected chi connectivity index (χ3v) is 5.12. The van der Waals surface area contributed by atoms with Gasteiger partial charge in [0.1, 0.15) is 23.6 Å². The van der Waals surface area contributed by atoms with Crippen LogP contribution in [-0.2, 0) is 4.74 Å². The van der Waals surface area contributed by atoms with Crippen LogP contribution in [0.4, 0.5) is 15.6 Å². The average molecular weight is 334 g/mol. The Morgan fingerprint density at radius 2 is 2.35 bits per heavy atom. The summed E-state index contributed by atoms with van der Waals surface area (Å²) >= 11 is 1.54. The molecule has 0 bridgehead atoms. The van der Waals surface area contributed by atoms with Crippen LogP contribution in [0.25, 0.3) is 10.2 Å². The zero-order chi connectivity index (χ0) is 15.8. The van der Waals surface area contributed by atoms with Gasteiger partial charge in [-0.1, -0.05) is 11.3 Å². The number of benzene rings is 1. The number of amides is 2. The number of aromatic nitrogens is 1. The summed E-state index contributed by atoms with van der Waals surface area (Å²) < 4.78 is 12.1. The molecule has 2 aromatic rings. The second-order valence-corrected chi connectivity index (χ2v) is 6.48. The number of thiazole rings is 1. The summed E-state index contributed by atoms with van der Waals surface area (Å²) in [7, 11) is 1.70. The largest absolute Gasteiger partial charge is 0.489 e. The lowest BCUT2D eigenvalue weighted by Gasteiger charge is -2.31. The van der Waals surface area contributed by atoms with Crippen LogP contribution in [0.15, 0.2) is 12.1 Å². The minimum absolute atomic E-state index is 0.0783. The van der Waals surface area contributed by atoms with Gasteiger partial charge in [-0.2, -0.15) is 0 Å². The molecule has 0 spiro atoms. The SMILES string of the molecule is COCCN1CCOc2ccc3sc(N4CCNC4=O)nc3c21. The van der Waals surface area contributed by atoms with E-state index in [2.05, 4.69) is 10.2 Å². The summed E-state index contributed by atoms with van der Waals surface area (Å²) in [6, 6.07) is 3.93. The summed E-state index contributed by atoms with van der Waals surface area (Å²) in [6.45, 7) is 4.24. The van der Waals surface area contributed by atoms with Crippen LogP contribution >= 0.6 is 11.3 Å². The topological polar surface area (TPSA) is 66.9 Å². The van der Waals surface area contributed by atoms with E-state index in [0.29, 0.717) is 26.3 Å². The van der Waals surface area contributed by atoms with Crippen LogP contribution in [0, 0.1) is 0 Å². The predicted molar refractivity (Wildman–Crippen MR) is 89.9 cm³/mol. The number of nitrogens with zero attached hydrogens (tertiary/aromatic N) is 3. The number of methoxy groups -OCH3 is 1. The first-order chi connectivity index (χ1) is 11.3. The standard InChI is InChI=1S/C15H18N4O3S/c1-21-8-6-18-7-9-22-10-2-3-11-12(13(10)18)17-15(23-11)19-5-4-16-14(19)20/h2-3H,4-9H2,1H3,(H,16,20). The van der Waals surface area contributed by atoms with E-state index in [4.69, 9.17) is 14.5 Å². The Balaban J connectivity index is 1.77. The van der Waals surface area contributed by atoms with Crippen LogP contribution < -0.4 is 19.9 Å². The van der Waals surface area contributed by atoms with Gasteiger partial charge in [0, 0.05) is 26.7 Å². The van der Waals surface area contributed by atoms with Crippen LogP contribution in [-0.4, -0.2) is 57.5 Å². The number of carbonyl (C=O) groups is 1. The van der Waals surface area contributed by atoms with E-state index in [1.165, 1.54) is 11.3 Å². The molecule has 1 N–H and O–H groups in total. The predicted octanol–water partition coefficient (Wildman–Crippen LogP) is 1.67. The lowest BCUT2D eigenvalue weighted by molar-refractivity contribution is 0.201. The van der Waals surface area contributed by atoms with Gasteiger partial charge in [0.15, 0.2) is 5.13 Å². The molecular formula is C15H18N4O3S. The highest BCUT2D eigenvalue weighted by Gasteiger charge is 2.27. The molecule has 0 unspecified atom stereocenters. The number of carbonyl (C=O) groups excluding carboxylic acids is 1. The second kappa shape index (κ2) is 5.86. The molecule has 0 saturated carbocycles. The van der Waals surface area contributed by atoms with Gasteiger partial charge in [-0.25, -0.2) is 9.78 Å². The monoisotopic (exact) mass is 334 g/mol. The summed E-state index contributed by atoms with van der Waals surface area (Å²) in [5.74, 6) is 0.850. The van der Waals surface area contributed by atoms with Crippen LogP contribution in [0.2, 0.25) is 0 Å². The van der Waals surface area contributed by atoms with Gasteiger partial charge < -0.3 is 19.7 Å². The Bertz CT molecular complexity index is 748. The van der Waals surface area contributed by atoms with E-state index in [-0.39, 0.29) is 6.03 Å². The lowest BCUT2D eigenvalue weighted by Crippen LogP contribution is -2.35. The van der Waals surface area contributed by atoms with Crippen molar-refractivity contribution in [3.63, 3.8) is 0 Å². The number of ether oxygens (including phenoxy) is 2. The number of fused-ring (bicyclic) bond motifs is 3. The number of hydrogen-bond donors (Lipinski definition) is 1. The van der Waals surface area contributed by atoms with Gasteiger partial charge >= 0.3 is 6.03 Å². The first kappa shape index (κ1) is 14.5. The Labute approximate surface area is 137 Å². The van der Waals surface area contributed by atoms with E-state index in [0.717, 1.165) is 39.9 Å². The van der Waals surface area contributed by atoms with Gasteiger partial charge in [-0.05, 0) is 12.1 Å². The second-order valence-electron chi connectivity index (χ2n) is 5.47. The molecule has 0 aliphatic carbocycles. The molecular weight excluding hydrogens is 316 g/mol. The van der Waals surface area contributed by atoms with Crippen LogP contribution in [0.5, 0.6) is 5.75 Å². The minimum Gasteiger partial charge on any atom is -0.489 e. The molecule has 2 aliphatic rings. The summed E-state index contributed by atoms with van der Waals surface area (Å²) in [5, 5.41) is 3.55. The van der Waals surface area contributed by atoms with E-state index in [9.17, 15) is 4.79 Å². The molecule has 23 heavy (non-hydrogen) atoms. The molecule has 1 fully saturated rings. The molecule has 122 valence electrons. The number of hydrogen-bond acceptors (Lipinski definition) is 6. The molecule has 1 aromatic carbocycles. The van der Waals surface area contributed by atoms with Gasteiger partial charge in [0.25, 0.3) is 0 Å². The van der Waals surface area contributed by atoms with Crippen molar-refractivity contribution in [1.82, 2.24) is 10.3 Å². The number of anilines is 2. The molecule has 0 radical (unpaired) electrons. The third-order valence-electron chi connectivity index (χ3n) is 4.07. The minimum atomic E-state index is -0.0783. The molecule has 3 heterocycles. The molecule has 2 amide bonds. The Morgan fingerprint density at radius 1 is 1.43 bits per heavy atom. The highest BCUT2D eigenvalue weighted by Crippen LogP contribution is 2.42. The van der Waals surface area contributed by atoms with Gasteiger partial charge in [-0.3, -0.25) is 4.90 Å². The zero-order valence-electron chi connectivity index (χ0n) is 12.9. The maximum atomic E-state index is 11.9. The quantitative estimate of drug-likeness (QED) is 0.921. The van der Waals surface area contributed by atoms with Gasteiger partial charge in [-0.15, -0.1) is 0 Å². The highest BCUT2D eigenvalue weighted by molar-refractivity contribution is 7.22. The lowest BCUT2D eigenvalue weighted by atomic mass is 10.2. The fourth-order valence-corrected chi connectivity index (χ4v) is 3.94. The van der Waals surface area contributed by atoms with Crippen molar-refractivity contribution < 1.29 is 14.3 Å². The zero-order valence-corrected chi connectivity index (χ0v) is 13.7. The molecule has 2 aliphatic heterocycles. The number of nitrogens with one attached hydrogen (secondary N) is 1. The molecule has 0 atom stereocenters. The molecule has 1 saturated heterocycles. The van der Waals surface area contributed by atoms with E-state index in [1.807, 2.05) is 12.1 Å². The van der Waals surface area contributed by atoms with Gasteiger partial charge in [0.05, 0.1) is 17.9 Å².